The van der Waals surface area contributed by atoms with Gasteiger partial charge in [0.15, 0.2) is 0 Å². The summed E-state index contributed by atoms with van der Waals surface area (Å²) in [4.78, 5) is 11.7. The number of rotatable bonds is 8. The van der Waals surface area contributed by atoms with E-state index in [9.17, 15) is 9.90 Å². The maximum Gasteiger partial charge on any atom is 0.308 e. The van der Waals surface area contributed by atoms with Gasteiger partial charge in [0.2, 0.25) is 0 Å². The SMILES string of the molecule is CCOC(=O)C1CCC(O)(CNC(C)(CC)CCO)CC1. The third kappa shape index (κ3) is 5.57. The minimum Gasteiger partial charge on any atom is -0.466 e. The maximum absolute atomic E-state index is 11.7. The van der Waals surface area contributed by atoms with E-state index in [4.69, 9.17) is 9.84 Å². The quantitative estimate of drug-likeness (QED) is 0.594. The zero-order chi connectivity index (χ0) is 15.9. The first kappa shape index (κ1) is 18.4. The average Bonchev–Trinajstić information content (AvgIpc) is 2.47. The Morgan fingerprint density at radius 3 is 2.48 bits per heavy atom. The lowest BCUT2D eigenvalue weighted by Crippen LogP contribution is -2.52. The second-order valence-corrected chi connectivity index (χ2v) is 6.49. The van der Waals surface area contributed by atoms with E-state index in [1.54, 1.807) is 0 Å². The Balaban J connectivity index is 2.45. The summed E-state index contributed by atoms with van der Waals surface area (Å²) >= 11 is 0. The van der Waals surface area contributed by atoms with Crippen LogP contribution in [-0.4, -0.2) is 47.1 Å². The largest absolute Gasteiger partial charge is 0.466 e. The summed E-state index contributed by atoms with van der Waals surface area (Å²) in [6, 6.07) is 0. The topological polar surface area (TPSA) is 78.8 Å². The van der Waals surface area contributed by atoms with Crippen molar-refractivity contribution in [3.05, 3.63) is 0 Å². The number of aliphatic hydroxyl groups is 2. The van der Waals surface area contributed by atoms with Crippen LogP contribution in [0.2, 0.25) is 0 Å². The minimum atomic E-state index is -0.755. The van der Waals surface area contributed by atoms with Crippen molar-refractivity contribution in [3.63, 3.8) is 0 Å². The van der Waals surface area contributed by atoms with Gasteiger partial charge < -0.3 is 20.3 Å². The predicted octanol–water partition coefficient (Wildman–Crippen LogP) is 1.61. The summed E-state index contributed by atoms with van der Waals surface area (Å²) in [6.07, 6.45) is 4.16. The normalized spacial score (nSPS) is 28.9. The van der Waals surface area contributed by atoms with Crippen molar-refractivity contribution in [2.75, 3.05) is 19.8 Å². The van der Waals surface area contributed by atoms with Gasteiger partial charge in [-0.1, -0.05) is 6.92 Å². The Morgan fingerprint density at radius 2 is 2.00 bits per heavy atom. The molecule has 0 aliphatic heterocycles. The van der Waals surface area contributed by atoms with E-state index in [0.717, 1.165) is 6.42 Å². The number of nitrogens with one attached hydrogen (secondary N) is 1. The second kappa shape index (κ2) is 8.11. The van der Waals surface area contributed by atoms with Crippen LogP contribution in [0.25, 0.3) is 0 Å². The minimum absolute atomic E-state index is 0.0692. The smallest absolute Gasteiger partial charge is 0.308 e. The predicted molar refractivity (Wildman–Crippen MR) is 81.9 cm³/mol. The Labute approximate surface area is 128 Å². The van der Waals surface area contributed by atoms with E-state index in [2.05, 4.69) is 19.2 Å². The average molecular weight is 301 g/mol. The molecule has 0 amide bonds. The molecule has 1 atom stereocenters. The number of carbonyl (C=O) groups is 1. The Kier molecular flexibility index (Phi) is 7.10. The number of ether oxygens (including phenoxy) is 1. The van der Waals surface area contributed by atoms with Crippen molar-refractivity contribution in [3.8, 4) is 0 Å². The Bertz CT molecular complexity index is 326. The van der Waals surface area contributed by atoms with Crippen LogP contribution < -0.4 is 5.32 Å². The van der Waals surface area contributed by atoms with Crippen molar-refractivity contribution in [1.29, 1.82) is 0 Å². The summed E-state index contributed by atoms with van der Waals surface area (Å²) in [5.74, 6) is -0.202. The number of hydrogen-bond acceptors (Lipinski definition) is 5. The number of esters is 1. The molecule has 0 aromatic heterocycles. The molecule has 0 radical (unpaired) electrons. The van der Waals surface area contributed by atoms with Gasteiger partial charge in [0.05, 0.1) is 18.1 Å². The molecule has 0 aromatic rings. The second-order valence-electron chi connectivity index (χ2n) is 6.49. The first-order valence-corrected chi connectivity index (χ1v) is 8.13. The molecule has 0 bridgehead atoms. The third-order valence-corrected chi connectivity index (χ3v) is 4.82. The van der Waals surface area contributed by atoms with Crippen molar-refractivity contribution in [1.82, 2.24) is 5.32 Å². The number of aliphatic hydroxyl groups excluding tert-OH is 1. The monoisotopic (exact) mass is 301 g/mol. The molecular weight excluding hydrogens is 270 g/mol. The van der Waals surface area contributed by atoms with E-state index >= 15 is 0 Å². The van der Waals surface area contributed by atoms with Crippen LogP contribution in [0.15, 0.2) is 0 Å². The van der Waals surface area contributed by atoms with Gasteiger partial charge in [-0.3, -0.25) is 4.79 Å². The molecule has 0 saturated heterocycles. The molecule has 1 saturated carbocycles. The van der Waals surface area contributed by atoms with Gasteiger partial charge in [0.1, 0.15) is 0 Å². The van der Waals surface area contributed by atoms with Crippen molar-refractivity contribution in [2.24, 2.45) is 5.92 Å². The highest BCUT2D eigenvalue weighted by Gasteiger charge is 2.37. The standard InChI is InChI=1S/C16H31NO4/c1-4-15(3,10-11-18)17-12-16(20)8-6-13(7-9-16)14(19)21-5-2/h13,17-18,20H,4-12H2,1-3H3. The molecule has 0 spiro atoms. The van der Waals surface area contributed by atoms with Crippen LogP contribution in [0.1, 0.15) is 59.3 Å². The van der Waals surface area contributed by atoms with Crippen LogP contribution in [0.5, 0.6) is 0 Å². The van der Waals surface area contributed by atoms with Gasteiger partial charge in [-0.25, -0.2) is 0 Å². The first-order chi connectivity index (χ1) is 9.88. The van der Waals surface area contributed by atoms with E-state index in [-0.39, 0.29) is 24.0 Å². The Hall–Kier alpha value is -0.650. The van der Waals surface area contributed by atoms with Crippen LogP contribution in [0, 0.1) is 5.92 Å². The fraction of sp³-hybridized carbons (Fsp3) is 0.938. The van der Waals surface area contributed by atoms with Crippen LogP contribution in [0.3, 0.4) is 0 Å². The molecule has 1 fully saturated rings. The van der Waals surface area contributed by atoms with Crippen LogP contribution >= 0.6 is 0 Å². The van der Waals surface area contributed by atoms with Gasteiger partial charge in [-0.05, 0) is 52.4 Å². The van der Waals surface area contributed by atoms with Gasteiger partial charge in [0, 0.05) is 18.7 Å². The highest BCUT2D eigenvalue weighted by molar-refractivity contribution is 5.72. The van der Waals surface area contributed by atoms with Crippen molar-refractivity contribution < 1.29 is 19.7 Å². The number of β-amino-alcohol motifs (C(OH)–C–C–N with tert-alkyl or cyclic N) is 1. The number of hydrogen-bond donors (Lipinski definition) is 3. The van der Waals surface area contributed by atoms with Crippen LogP contribution in [-0.2, 0) is 9.53 Å². The molecule has 3 N–H and O–H groups in total. The van der Waals surface area contributed by atoms with E-state index in [1.165, 1.54) is 0 Å². The molecular formula is C16H31NO4. The molecule has 1 rings (SSSR count). The van der Waals surface area contributed by atoms with Crippen molar-refractivity contribution >= 4 is 5.97 Å². The molecule has 0 aromatic carbocycles. The Morgan fingerprint density at radius 1 is 1.38 bits per heavy atom. The molecule has 1 aliphatic carbocycles. The van der Waals surface area contributed by atoms with E-state index in [1.807, 2.05) is 6.92 Å². The zero-order valence-corrected chi connectivity index (χ0v) is 13.7. The molecule has 21 heavy (non-hydrogen) atoms. The highest BCUT2D eigenvalue weighted by Crippen LogP contribution is 2.33. The van der Waals surface area contributed by atoms with E-state index < -0.39 is 5.60 Å². The van der Waals surface area contributed by atoms with Gasteiger partial charge in [0.25, 0.3) is 0 Å². The van der Waals surface area contributed by atoms with Gasteiger partial charge in [-0.2, -0.15) is 0 Å². The summed E-state index contributed by atoms with van der Waals surface area (Å²) in [5, 5.41) is 23.2. The molecule has 0 heterocycles. The summed E-state index contributed by atoms with van der Waals surface area (Å²) < 4.78 is 5.05. The lowest BCUT2D eigenvalue weighted by molar-refractivity contribution is -0.151. The summed E-state index contributed by atoms with van der Waals surface area (Å²) in [5.41, 5.74) is -0.905. The summed E-state index contributed by atoms with van der Waals surface area (Å²) in [6.45, 7) is 7.01. The fourth-order valence-electron chi connectivity index (χ4n) is 2.84. The zero-order valence-electron chi connectivity index (χ0n) is 13.7. The lowest BCUT2D eigenvalue weighted by Gasteiger charge is -2.39. The summed E-state index contributed by atoms with van der Waals surface area (Å²) in [7, 11) is 0. The fourth-order valence-corrected chi connectivity index (χ4v) is 2.84. The van der Waals surface area contributed by atoms with Crippen molar-refractivity contribution in [2.45, 2.75) is 70.4 Å². The van der Waals surface area contributed by atoms with Gasteiger partial charge >= 0.3 is 5.97 Å². The number of carbonyl (C=O) groups excluding carboxylic acids is 1. The molecule has 1 unspecified atom stereocenters. The van der Waals surface area contributed by atoms with Crippen LogP contribution in [0.4, 0.5) is 0 Å². The third-order valence-electron chi connectivity index (χ3n) is 4.82. The molecule has 124 valence electrons. The van der Waals surface area contributed by atoms with E-state index in [0.29, 0.717) is 45.3 Å². The lowest BCUT2D eigenvalue weighted by atomic mass is 9.78. The first-order valence-electron chi connectivity index (χ1n) is 8.13. The molecule has 5 heteroatoms. The van der Waals surface area contributed by atoms with Gasteiger partial charge in [-0.15, -0.1) is 0 Å². The highest BCUT2D eigenvalue weighted by atomic mass is 16.5. The maximum atomic E-state index is 11.7. The molecule has 5 nitrogen and oxygen atoms in total. The molecule has 1 aliphatic rings.